The van der Waals surface area contributed by atoms with Crippen molar-refractivity contribution < 1.29 is 18.4 Å². The Morgan fingerprint density at radius 2 is 1.58 bits per heavy atom. The number of carbonyl (C=O) groups excluding carboxylic acids is 1. The predicted octanol–water partition coefficient (Wildman–Crippen LogP) is 5.68. The van der Waals surface area contributed by atoms with Gasteiger partial charge in [-0.3, -0.25) is 4.79 Å². The predicted molar refractivity (Wildman–Crippen MR) is 137 cm³/mol. The van der Waals surface area contributed by atoms with Crippen molar-refractivity contribution in [2.45, 2.75) is 69.4 Å². The highest BCUT2D eigenvalue weighted by atomic mass is 16.5. The minimum absolute atomic E-state index is 0.00310. The molecule has 188 valence electrons. The molecule has 4 fully saturated rings. The van der Waals surface area contributed by atoms with Crippen molar-refractivity contribution in [3.8, 4) is 11.5 Å². The van der Waals surface area contributed by atoms with E-state index in [9.17, 15) is 4.79 Å². The first kappa shape index (κ1) is 23.4. The second-order valence-corrected chi connectivity index (χ2v) is 11.1. The third-order valence-electron chi connectivity index (χ3n) is 8.93. The summed E-state index contributed by atoms with van der Waals surface area (Å²) in [5, 5.41) is 8.68. The Labute approximate surface area is 213 Å². The van der Waals surface area contributed by atoms with E-state index in [0.29, 0.717) is 24.2 Å². The van der Waals surface area contributed by atoms with E-state index < -0.39 is 5.41 Å². The van der Waals surface area contributed by atoms with E-state index in [4.69, 9.17) is 9.15 Å². The van der Waals surface area contributed by atoms with E-state index in [2.05, 4.69) is 34.5 Å². The van der Waals surface area contributed by atoms with Crippen LogP contribution < -0.4 is 0 Å². The van der Waals surface area contributed by atoms with Crippen LogP contribution in [0.5, 0.6) is 0 Å². The van der Waals surface area contributed by atoms with Crippen LogP contribution in [0.25, 0.3) is 11.5 Å². The highest BCUT2D eigenvalue weighted by Crippen LogP contribution is 2.42. The van der Waals surface area contributed by atoms with Crippen LogP contribution in [0.2, 0.25) is 0 Å². The van der Waals surface area contributed by atoms with E-state index in [1.165, 1.54) is 12.8 Å². The standard InChI is InChI=1S/C30H36N3O3/c34-29(30(17-9-1-2-10-18-30)25-13-7-4-8-14-25)35-26-21-33(19-15-23(26)16-20-33)22-27-31-32-28(36-27)24-11-5-3-6-12-24/h3-8,11-14,23,26H,1-2,9-10,15-22H2/q+1. The number of esters is 1. The molecule has 36 heavy (non-hydrogen) atoms. The summed E-state index contributed by atoms with van der Waals surface area (Å²) in [5.41, 5.74) is 1.56. The Balaban J connectivity index is 1.19. The van der Waals surface area contributed by atoms with Gasteiger partial charge in [-0.1, -0.05) is 74.2 Å². The lowest BCUT2D eigenvalue weighted by molar-refractivity contribution is -0.959. The Kier molecular flexibility index (Phi) is 6.38. The van der Waals surface area contributed by atoms with Gasteiger partial charge in [0.05, 0.1) is 18.5 Å². The maximum absolute atomic E-state index is 14.0. The molecule has 1 saturated carbocycles. The molecule has 1 unspecified atom stereocenters. The van der Waals surface area contributed by atoms with E-state index in [-0.39, 0.29) is 12.1 Å². The number of quaternary nitrogens is 1. The number of carbonyl (C=O) groups is 1. The number of benzene rings is 2. The fourth-order valence-corrected chi connectivity index (χ4v) is 6.83. The van der Waals surface area contributed by atoms with Gasteiger partial charge in [-0.2, -0.15) is 0 Å². The zero-order chi connectivity index (χ0) is 24.4. The molecule has 0 spiro atoms. The van der Waals surface area contributed by atoms with Crippen molar-refractivity contribution in [1.82, 2.24) is 10.2 Å². The van der Waals surface area contributed by atoms with Gasteiger partial charge < -0.3 is 13.6 Å². The molecule has 1 aromatic heterocycles. The summed E-state index contributed by atoms with van der Waals surface area (Å²) in [6.07, 6.45) is 8.45. The third kappa shape index (κ3) is 4.47. The monoisotopic (exact) mass is 486 g/mol. The number of ether oxygens (including phenoxy) is 1. The molecule has 6 heteroatoms. The van der Waals surface area contributed by atoms with Crippen LogP contribution in [0.4, 0.5) is 0 Å². The van der Waals surface area contributed by atoms with Crippen molar-refractivity contribution in [3.63, 3.8) is 0 Å². The molecule has 1 aliphatic carbocycles. The van der Waals surface area contributed by atoms with Crippen LogP contribution in [-0.4, -0.2) is 46.4 Å². The molecule has 3 aliphatic heterocycles. The molecule has 7 rings (SSSR count). The average molecular weight is 487 g/mol. The smallest absolute Gasteiger partial charge is 0.317 e. The first-order chi connectivity index (χ1) is 17.7. The van der Waals surface area contributed by atoms with Crippen molar-refractivity contribution in [2.24, 2.45) is 5.92 Å². The summed E-state index contributed by atoms with van der Waals surface area (Å²) >= 11 is 0. The molecule has 2 aromatic carbocycles. The van der Waals surface area contributed by atoms with Crippen molar-refractivity contribution in [3.05, 3.63) is 72.1 Å². The van der Waals surface area contributed by atoms with Gasteiger partial charge in [0.1, 0.15) is 6.54 Å². The average Bonchev–Trinajstić information content (AvgIpc) is 3.23. The zero-order valence-electron chi connectivity index (χ0n) is 21.0. The molecule has 1 atom stereocenters. The topological polar surface area (TPSA) is 65.2 Å². The van der Waals surface area contributed by atoms with Crippen LogP contribution in [0, 0.1) is 5.92 Å². The number of nitrogens with zero attached hydrogens (tertiary/aromatic N) is 3. The molecule has 0 amide bonds. The van der Waals surface area contributed by atoms with Crippen LogP contribution >= 0.6 is 0 Å². The summed E-state index contributed by atoms with van der Waals surface area (Å²) in [5.74, 6) is 1.69. The van der Waals surface area contributed by atoms with E-state index in [1.54, 1.807) is 0 Å². The highest BCUT2D eigenvalue weighted by molar-refractivity contribution is 5.83. The lowest BCUT2D eigenvalue weighted by Crippen LogP contribution is -2.64. The second kappa shape index (κ2) is 9.81. The quantitative estimate of drug-likeness (QED) is 0.255. The SMILES string of the molecule is O=C(OC1C[N+]2(Cc3nnc(-c4ccccc4)o3)CCC1CC2)C1(c2ccccc2)CCCCCC1. The van der Waals surface area contributed by atoms with Crippen molar-refractivity contribution in [1.29, 1.82) is 0 Å². The minimum Gasteiger partial charge on any atom is -0.455 e. The number of hydrogen-bond acceptors (Lipinski definition) is 5. The highest BCUT2D eigenvalue weighted by Gasteiger charge is 2.51. The second-order valence-electron chi connectivity index (χ2n) is 11.1. The molecule has 6 nitrogen and oxygen atoms in total. The Hall–Kier alpha value is -2.99. The fraction of sp³-hybridized carbons (Fsp3) is 0.500. The molecule has 3 aromatic rings. The summed E-state index contributed by atoms with van der Waals surface area (Å²) in [6, 6.07) is 20.3. The molecule has 0 radical (unpaired) electrons. The number of rotatable bonds is 6. The van der Waals surface area contributed by atoms with Gasteiger partial charge in [0.15, 0.2) is 12.6 Å². The van der Waals surface area contributed by atoms with Crippen LogP contribution in [0.1, 0.15) is 62.8 Å². The largest absolute Gasteiger partial charge is 0.455 e. The lowest BCUT2D eigenvalue weighted by atomic mass is 9.74. The minimum atomic E-state index is -0.508. The van der Waals surface area contributed by atoms with Gasteiger partial charge >= 0.3 is 5.97 Å². The van der Waals surface area contributed by atoms with Crippen LogP contribution in [-0.2, 0) is 21.5 Å². The van der Waals surface area contributed by atoms with Gasteiger partial charge in [0.2, 0.25) is 5.89 Å². The first-order valence-corrected chi connectivity index (χ1v) is 13.7. The van der Waals surface area contributed by atoms with Crippen LogP contribution in [0.3, 0.4) is 0 Å². The summed E-state index contributed by atoms with van der Waals surface area (Å²) in [4.78, 5) is 14.0. The van der Waals surface area contributed by atoms with Gasteiger partial charge in [0.25, 0.3) is 5.89 Å². The maximum Gasteiger partial charge on any atom is 0.317 e. The lowest BCUT2D eigenvalue weighted by Gasteiger charge is -2.51. The molecule has 4 aliphatic rings. The van der Waals surface area contributed by atoms with E-state index >= 15 is 0 Å². The third-order valence-corrected chi connectivity index (χ3v) is 8.93. The Morgan fingerprint density at radius 1 is 0.917 bits per heavy atom. The van der Waals surface area contributed by atoms with Gasteiger partial charge in [-0.05, 0) is 30.5 Å². The molecule has 0 N–H and O–H groups in total. The number of hydrogen-bond donors (Lipinski definition) is 0. The Bertz CT molecular complexity index is 1160. The molecular formula is C30H36N3O3+. The summed E-state index contributed by atoms with van der Waals surface area (Å²) in [6.45, 7) is 3.69. The van der Waals surface area contributed by atoms with Crippen molar-refractivity contribution >= 4 is 5.97 Å². The van der Waals surface area contributed by atoms with Gasteiger partial charge in [0, 0.05) is 24.3 Å². The van der Waals surface area contributed by atoms with Crippen molar-refractivity contribution in [2.75, 3.05) is 19.6 Å². The number of aromatic nitrogens is 2. The fourth-order valence-electron chi connectivity index (χ4n) is 6.83. The van der Waals surface area contributed by atoms with Gasteiger partial charge in [-0.25, -0.2) is 0 Å². The zero-order valence-corrected chi connectivity index (χ0v) is 21.0. The molecule has 3 saturated heterocycles. The molecular weight excluding hydrogens is 450 g/mol. The van der Waals surface area contributed by atoms with E-state index in [0.717, 1.165) is 73.8 Å². The molecule has 4 heterocycles. The Morgan fingerprint density at radius 3 is 2.28 bits per heavy atom. The van der Waals surface area contributed by atoms with Gasteiger partial charge in [-0.15, -0.1) is 10.2 Å². The number of fused-ring (bicyclic) bond motifs is 3. The normalized spacial score (nSPS) is 27.3. The maximum atomic E-state index is 14.0. The first-order valence-electron chi connectivity index (χ1n) is 13.7. The summed E-state index contributed by atoms with van der Waals surface area (Å²) in [7, 11) is 0. The summed E-state index contributed by atoms with van der Waals surface area (Å²) < 4.78 is 13.4. The number of piperidine rings is 3. The van der Waals surface area contributed by atoms with E-state index in [1.807, 2.05) is 36.4 Å². The molecule has 2 bridgehead atoms. The van der Waals surface area contributed by atoms with Crippen LogP contribution in [0.15, 0.2) is 65.1 Å².